The molecule has 2 aromatic rings. The number of nitrogen functional groups attached to an aromatic ring is 1. The van der Waals surface area contributed by atoms with Gasteiger partial charge in [0.1, 0.15) is 5.69 Å². The van der Waals surface area contributed by atoms with Gasteiger partial charge in [-0.1, -0.05) is 25.1 Å². The number of aromatic nitrogens is 2. The highest BCUT2D eigenvalue weighted by atomic mass is 16.6. The van der Waals surface area contributed by atoms with E-state index in [1.807, 2.05) is 25.1 Å². The second-order valence-corrected chi connectivity index (χ2v) is 4.18. The standard InChI is InChI=1S/C13H14N4O2/c1-3-9-5-4-6-10(7-9)11-12(17(18)19)8(2)15-13(14)16-11/h4-7H,3H2,1-2H3,(H2,14,15,16). The fourth-order valence-electron chi connectivity index (χ4n) is 1.95. The van der Waals surface area contributed by atoms with Crippen molar-refractivity contribution in [2.24, 2.45) is 0 Å². The SMILES string of the molecule is CCc1cccc(-c2nc(N)nc(C)c2[N+](=O)[O-])c1. The Labute approximate surface area is 110 Å². The summed E-state index contributed by atoms with van der Waals surface area (Å²) in [6, 6.07) is 7.49. The fraction of sp³-hybridized carbons (Fsp3) is 0.231. The number of anilines is 1. The number of nitrogens with two attached hydrogens (primary N) is 1. The summed E-state index contributed by atoms with van der Waals surface area (Å²) >= 11 is 0. The van der Waals surface area contributed by atoms with Gasteiger partial charge in [0.15, 0.2) is 5.69 Å². The van der Waals surface area contributed by atoms with Gasteiger partial charge >= 0.3 is 5.69 Å². The van der Waals surface area contributed by atoms with Gasteiger partial charge in [0.05, 0.1) is 4.92 Å². The van der Waals surface area contributed by atoms with Gasteiger partial charge in [-0.25, -0.2) is 9.97 Å². The predicted molar refractivity (Wildman–Crippen MR) is 72.6 cm³/mol. The van der Waals surface area contributed by atoms with Crippen LogP contribution in [0.15, 0.2) is 24.3 Å². The highest BCUT2D eigenvalue weighted by Crippen LogP contribution is 2.31. The summed E-state index contributed by atoms with van der Waals surface area (Å²) in [5.41, 5.74) is 7.81. The lowest BCUT2D eigenvalue weighted by Gasteiger charge is -2.06. The molecule has 6 nitrogen and oxygen atoms in total. The Hall–Kier alpha value is -2.50. The zero-order valence-corrected chi connectivity index (χ0v) is 10.8. The van der Waals surface area contributed by atoms with E-state index in [0.717, 1.165) is 12.0 Å². The third-order valence-corrected chi connectivity index (χ3v) is 2.87. The van der Waals surface area contributed by atoms with Crippen molar-refractivity contribution < 1.29 is 4.92 Å². The number of hydrogen-bond donors (Lipinski definition) is 1. The van der Waals surface area contributed by atoms with Crippen LogP contribution >= 0.6 is 0 Å². The third-order valence-electron chi connectivity index (χ3n) is 2.87. The Morgan fingerprint density at radius 3 is 2.74 bits per heavy atom. The first kappa shape index (κ1) is 12.9. The molecule has 19 heavy (non-hydrogen) atoms. The molecule has 1 aromatic heterocycles. The maximum absolute atomic E-state index is 11.2. The lowest BCUT2D eigenvalue weighted by atomic mass is 10.0. The highest BCUT2D eigenvalue weighted by molar-refractivity contribution is 5.72. The quantitative estimate of drug-likeness (QED) is 0.674. The van der Waals surface area contributed by atoms with E-state index in [2.05, 4.69) is 9.97 Å². The number of aryl methyl sites for hydroxylation is 2. The van der Waals surface area contributed by atoms with Gasteiger partial charge in [-0.3, -0.25) is 10.1 Å². The molecule has 2 rings (SSSR count). The summed E-state index contributed by atoms with van der Waals surface area (Å²) in [4.78, 5) is 18.6. The monoisotopic (exact) mass is 258 g/mol. The van der Waals surface area contributed by atoms with Crippen molar-refractivity contribution in [1.29, 1.82) is 0 Å². The van der Waals surface area contributed by atoms with Crippen LogP contribution in [0.25, 0.3) is 11.3 Å². The molecular weight excluding hydrogens is 244 g/mol. The number of nitrogens with zero attached hydrogens (tertiary/aromatic N) is 3. The first-order valence-electron chi connectivity index (χ1n) is 5.90. The van der Waals surface area contributed by atoms with Crippen molar-refractivity contribution in [2.45, 2.75) is 20.3 Å². The van der Waals surface area contributed by atoms with Crippen LogP contribution in [0.5, 0.6) is 0 Å². The molecule has 2 N–H and O–H groups in total. The normalized spacial score (nSPS) is 10.4. The number of nitro groups is 1. The summed E-state index contributed by atoms with van der Waals surface area (Å²) < 4.78 is 0. The lowest BCUT2D eigenvalue weighted by Crippen LogP contribution is -2.04. The smallest absolute Gasteiger partial charge is 0.316 e. The third kappa shape index (κ3) is 2.52. The summed E-state index contributed by atoms with van der Waals surface area (Å²) in [5.74, 6) is 0.0417. The molecule has 0 radical (unpaired) electrons. The van der Waals surface area contributed by atoms with E-state index in [1.165, 1.54) is 0 Å². The van der Waals surface area contributed by atoms with E-state index in [0.29, 0.717) is 5.56 Å². The molecule has 0 aliphatic heterocycles. The van der Waals surface area contributed by atoms with Crippen LogP contribution in [-0.2, 0) is 6.42 Å². The van der Waals surface area contributed by atoms with Crippen molar-refractivity contribution in [3.05, 3.63) is 45.6 Å². The van der Waals surface area contributed by atoms with Gasteiger partial charge in [0, 0.05) is 5.56 Å². The second-order valence-electron chi connectivity index (χ2n) is 4.18. The summed E-state index contributed by atoms with van der Waals surface area (Å²) in [6.45, 7) is 3.58. The second kappa shape index (κ2) is 5.01. The minimum atomic E-state index is -0.470. The molecular formula is C13H14N4O2. The van der Waals surface area contributed by atoms with Gasteiger partial charge in [-0.2, -0.15) is 0 Å². The van der Waals surface area contributed by atoms with Crippen molar-refractivity contribution >= 4 is 11.6 Å². The summed E-state index contributed by atoms with van der Waals surface area (Å²) in [6.07, 6.45) is 0.848. The van der Waals surface area contributed by atoms with E-state index < -0.39 is 4.92 Å². The molecule has 0 saturated heterocycles. The molecule has 0 fully saturated rings. The molecule has 0 aliphatic carbocycles. The molecule has 1 aromatic carbocycles. The zero-order valence-electron chi connectivity index (χ0n) is 10.8. The van der Waals surface area contributed by atoms with E-state index >= 15 is 0 Å². The van der Waals surface area contributed by atoms with Gasteiger partial charge < -0.3 is 5.73 Å². The molecule has 98 valence electrons. The molecule has 0 bridgehead atoms. The predicted octanol–water partition coefficient (Wildman–Crippen LogP) is 2.50. The Kier molecular flexibility index (Phi) is 3.41. The average molecular weight is 258 g/mol. The maximum Gasteiger partial charge on any atom is 0.316 e. The van der Waals surface area contributed by atoms with Crippen LogP contribution < -0.4 is 5.73 Å². The molecule has 0 amide bonds. The first-order valence-corrected chi connectivity index (χ1v) is 5.90. The Balaban J connectivity index is 2.69. The fourth-order valence-corrected chi connectivity index (χ4v) is 1.95. The van der Waals surface area contributed by atoms with Crippen LogP contribution in [-0.4, -0.2) is 14.9 Å². The zero-order chi connectivity index (χ0) is 14.0. The molecule has 0 saturated carbocycles. The van der Waals surface area contributed by atoms with Crippen LogP contribution in [0.1, 0.15) is 18.2 Å². The molecule has 6 heteroatoms. The highest BCUT2D eigenvalue weighted by Gasteiger charge is 2.22. The van der Waals surface area contributed by atoms with E-state index in [-0.39, 0.29) is 23.0 Å². The maximum atomic E-state index is 11.2. The van der Waals surface area contributed by atoms with Gasteiger partial charge in [0.2, 0.25) is 5.95 Å². The topological polar surface area (TPSA) is 94.9 Å². The molecule has 0 unspecified atom stereocenters. The molecule has 0 aliphatic rings. The van der Waals surface area contributed by atoms with Gasteiger partial charge in [-0.15, -0.1) is 0 Å². The first-order chi connectivity index (χ1) is 9.02. The minimum absolute atomic E-state index is 0.0417. The summed E-state index contributed by atoms with van der Waals surface area (Å²) in [7, 11) is 0. The largest absolute Gasteiger partial charge is 0.368 e. The summed E-state index contributed by atoms with van der Waals surface area (Å²) in [5, 5.41) is 11.2. The van der Waals surface area contributed by atoms with Crippen molar-refractivity contribution in [3.63, 3.8) is 0 Å². The van der Waals surface area contributed by atoms with Crippen LogP contribution in [0.4, 0.5) is 11.6 Å². The Morgan fingerprint density at radius 1 is 1.37 bits per heavy atom. The van der Waals surface area contributed by atoms with Gasteiger partial charge in [-0.05, 0) is 25.0 Å². The van der Waals surface area contributed by atoms with E-state index in [9.17, 15) is 10.1 Å². The van der Waals surface area contributed by atoms with Gasteiger partial charge in [0.25, 0.3) is 0 Å². The van der Waals surface area contributed by atoms with E-state index in [1.54, 1.807) is 13.0 Å². The number of rotatable bonds is 3. The number of benzene rings is 1. The Morgan fingerprint density at radius 2 is 2.11 bits per heavy atom. The van der Waals surface area contributed by atoms with Crippen LogP contribution in [0.3, 0.4) is 0 Å². The molecule has 0 atom stereocenters. The average Bonchev–Trinajstić information content (AvgIpc) is 2.37. The minimum Gasteiger partial charge on any atom is -0.368 e. The van der Waals surface area contributed by atoms with Crippen LogP contribution in [0, 0.1) is 17.0 Å². The molecule has 1 heterocycles. The van der Waals surface area contributed by atoms with Crippen molar-refractivity contribution in [2.75, 3.05) is 5.73 Å². The lowest BCUT2D eigenvalue weighted by molar-refractivity contribution is -0.385. The Bertz CT molecular complexity index is 641. The van der Waals surface area contributed by atoms with Crippen LogP contribution in [0.2, 0.25) is 0 Å². The molecule has 0 spiro atoms. The van der Waals surface area contributed by atoms with Crippen molar-refractivity contribution in [1.82, 2.24) is 9.97 Å². The number of hydrogen-bond acceptors (Lipinski definition) is 5. The van der Waals surface area contributed by atoms with Crippen molar-refractivity contribution in [3.8, 4) is 11.3 Å². The van der Waals surface area contributed by atoms with E-state index in [4.69, 9.17) is 5.73 Å².